The number of carbonyl (C=O) groups excluding carboxylic acids is 1. The predicted molar refractivity (Wildman–Crippen MR) is 151 cm³/mol. The van der Waals surface area contributed by atoms with Crippen LogP contribution < -0.4 is 15.4 Å². The standard InChI is InChI=1S/C29H21ClFN5O2S/c30-25-15-22(6-7-26(25)38-17-20-3-1-4-21(31)13-20)36-28-24-16-23(39-29(24)35-18-34-28)5-2-10-33-27(37)14-19-8-11-32-12-9-19/h1,3-4,6-9,11-13,15-16,18H,10,14,17H2,(H,33,37)(H,34,35,36). The summed E-state index contributed by atoms with van der Waals surface area (Å²) in [6.07, 6.45) is 5.08. The highest BCUT2D eigenvalue weighted by atomic mass is 35.5. The number of pyridine rings is 1. The van der Waals surface area contributed by atoms with Crippen molar-refractivity contribution in [3.8, 4) is 17.6 Å². The molecule has 10 heteroatoms. The van der Waals surface area contributed by atoms with Crippen LogP contribution in [0.5, 0.6) is 5.75 Å². The van der Waals surface area contributed by atoms with Crippen molar-refractivity contribution in [2.75, 3.05) is 11.9 Å². The summed E-state index contributed by atoms with van der Waals surface area (Å²) in [4.78, 5) is 26.3. The zero-order valence-electron chi connectivity index (χ0n) is 20.4. The molecule has 0 aliphatic rings. The number of amides is 1. The summed E-state index contributed by atoms with van der Waals surface area (Å²) in [6.45, 7) is 0.436. The Bertz CT molecular complexity index is 1680. The van der Waals surface area contributed by atoms with E-state index in [1.165, 1.54) is 29.8 Å². The molecule has 5 rings (SSSR count). The maximum Gasteiger partial charge on any atom is 0.225 e. The van der Waals surface area contributed by atoms with Gasteiger partial charge in [0, 0.05) is 18.1 Å². The van der Waals surface area contributed by atoms with Crippen molar-refractivity contribution in [2.45, 2.75) is 13.0 Å². The summed E-state index contributed by atoms with van der Waals surface area (Å²) in [5, 5.41) is 7.30. The Balaban J connectivity index is 1.21. The van der Waals surface area contributed by atoms with Crippen molar-refractivity contribution in [2.24, 2.45) is 0 Å². The minimum absolute atomic E-state index is 0.103. The molecule has 1 amide bonds. The van der Waals surface area contributed by atoms with E-state index in [-0.39, 0.29) is 31.3 Å². The summed E-state index contributed by atoms with van der Waals surface area (Å²) >= 11 is 7.87. The van der Waals surface area contributed by atoms with Crippen molar-refractivity contribution >= 4 is 50.6 Å². The molecule has 0 aliphatic carbocycles. The first-order valence-electron chi connectivity index (χ1n) is 11.9. The van der Waals surface area contributed by atoms with Crippen molar-refractivity contribution < 1.29 is 13.9 Å². The first kappa shape index (κ1) is 26.1. The van der Waals surface area contributed by atoms with E-state index < -0.39 is 0 Å². The van der Waals surface area contributed by atoms with Crippen LogP contribution in [0.2, 0.25) is 5.02 Å². The molecule has 0 spiro atoms. The van der Waals surface area contributed by atoms with E-state index in [9.17, 15) is 9.18 Å². The molecule has 0 atom stereocenters. The second kappa shape index (κ2) is 12.3. The molecule has 2 N–H and O–H groups in total. The average Bonchev–Trinajstić information content (AvgIpc) is 3.35. The predicted octanol–water partition coefficient (Wildman–Crippen LogP) is 5.91. The number of thiophene rings is 1. The van der Waals surface area contributed by atoms with Gasteiger partial charge in [-0.3, -0.25) is 9.78 Å². The Morgan fingerprint density at radius 3 is 2.74 bits per heavy atom. The zero-order chi connectivity index (χ0) is 27.0. The third-order valence-corrected chi connectivity index (χ3v) is 6.76. The molecule has 0 saturated heterocycles. The highest BCUT2D eigenvalue weighted by Crippen LogP contribution is 2.33. The maximum absolute atomic E-state index is 13.4. The first-order valence-corrected chi connectivity index (χ1v) is 13.1. The van der Waals surface area contributed by atoms with Gasteiger partial charge < -0.3 is 15.4 Å². The SMILES string of the molecule is O=C(Cc1ccncc1)NCC#Cc1cc2c(Nc3ccc(OCc4cccc(F)c4)c(Cl)c3)ncnc2s1. The molecule has 2 aromatic carbocycles. The molecule has 0 bridgehead atoms. The number of nitrogens with zero attached hydrogens (tertiary/aromatic N) is 3. The highest BCUT2D eigenvalue weighted by Gasteiger charge is 2.10. The van der Waals surface area contributed by atoms with Gasteiger partial charge in [0.25, 0.3) is 0 Å². The molecular formula is C29H21ClFN5O2S. The normalized spacial score (nSPS) is 10.5. The topological polar surface area (TPSA) is 89.0 Å². The lowest BCUT2D eigenvalue weighted by molar-refractivity contribution is -0.120. The Hall–Kier alpha value is -4.52. The number of nitrogens with one attached hydrogen (secondary N) is 2. The van der Waals surface area contributed by atoms with E-state index in [1.54, 1.807) is 48.8 Å². The van der Waals surface area contributed by atoms with Crippen LogP contribution in [0.3, 0.4) is 0 Å². The Kier molecular flexibility index (Phi) is 8.26. The van der Waals surface area contributed by atoms with E-state index in [2.05, 4.69) is 37.4 Å². The summed E-state index contributed by atoms with van der Waals surface area (Å²) in [5.74, 6) is 6.74. The van der Waals surface area contributed by atoms with Gasteiger partial charge in [0.15, 0.2) is 0 Å². The van der Waals surface area contributed by atoms with E-state index >= 15 is 0 Å². The lowest BCUT2D eigenvalue weighted by Gasteiger charge is -2.11. The minimum atomic E-state index is -0.316. The van der Waals surface area contributed by atoms with Gasteiger partial charge in [-0.25, -0.2) is 14.4 Å². The number of anilines is 2. The average molecular weight is 558 g/mol. The first-order chi connectivity index (χ1) is 19.0. The van der Waals surface area contributed by atoms with Gasteiger partial charge in [0.2, 0.25) is 5.91 Å². The number of carbonyl (C=O) groups is 1. The molecule has 0 radical (unpaired) electrons. The van der Waals surface area contributed by atoms with Crippen LogP contribution in [0.4, 0.5) is 15.9 Å². The molecule has 0 unspecified atom stereocenters. The monoisotopic (exact) mass is 557 g/mol. The van der Waals surface area contributed by atoms with E-state index in [0.717, 1.165) is 20.7 Å². The number of hydrogen-bond donors (Lipinski definition) is 2. The number of hydrogen-bond acceptors (Lipinski definition) is 7. The fourth-order valence-electron chi connectivity index (χ4n) is 3.66. The van der Waals surface area contributed by atoms with Crippen LogP contribution in [0.1, 0.15) is 16.0 Å². The van der Waals surface area contributed by atoms with E-state index in [1.807, 2.05) is 12.1 Å². The quantitative estimate of drug-likeness (QED) is 0.231. The Morgan fingerprint density at radius 1 is 1.05 bits per heavy atom. The molecule has 7 nitrogen and oxygen atoms in total. The van der Waals surface area contributed by atoms with Crippen molar-refractivity contribution in [1.29, 1.82) is 0 Å². The number of aromatic nitrogens is 3. The van der Waals surface area contributed by atoms with Crippen LogP contribution in [-0.2, 0) is 17.8 Å². The third kappa shape index (κ3) is 7.08. The van der Waals surface area contributed by atoms with Crippen molar-refractivity contribution in [1.82, 2.24) is 20.3 Å². The highest BCUT2D eigenvalue weighted by molar-refractivity contribution is 7.19. The van der Waals surface area contributed by atoms with E-state index in [0.29, 0.717) is 27.8 Å². The largest absolute Gasteiger partial charge is 0.487 e. The Labute approximate surface area is 233 Å². The van der Waals surface area contributed by atoms with Gasteiger partial charge in [-0.1, -0.05) is 35.6 Å². The fraction of sp³-hybridized carbons (Fsp3) is 0.103. The van der Waals surface area contributed by atoms with Crippen LogP contribution >= 0.6 is 22.9 Å². The second-order valence-corrected chi connectivity index (χ2v) is 9.79. The molecule has 0 aliphatic heterocycles. The zero-order valence-corrected chi connectivity index (χ0v) is 22.0. The van der Waals surface area contributed by atoms with Crippen LogP contribution in [0, 0.1) is 17.7 Å². The number of ether oxygens (including phenoxy) is 1. The summed E-state index contributed by atoms with van der Waals surface area (Å²) in [5.41, 5.74) is 2.32. The fourth-order valence-corrected chi connectivity index (χ4v) is 4.77. The molecule has 39 heavy (non-hydrogen) atoms. The molecular weight excluding hydrogens is 537 g/mol. The third-order valence-electron chi connectivity index (χ3n) is 5.51. The second-order valence-electron chi connectivity index (χ2n) is 8.35. The molecule has 0 saturated carbocycles. The molecule has 3 heterocycles. The summed E-state index contributed by atoms with van der Waals surface area (Å²) in [7, 11) is 0. The van der Waals surface area contributed by atoms with Gasteiger partial charge in [0.1, 0.15) is 35.1 Å². The lowest BCUT2D eigenvalue weighted by Crippen LogP contribution is -2.25. The maximum atomic E-state index is 13.4. The van der Waals surface area contributed by atoms with Gasteiger partial charge in [-0.15, -0.1) is 11.3 Å². The van der Waals surface area contributed by atoms with E-state index in [4.69, 9.17) is 16.3 Å². The van der Waals surface area contributed by atoms with Gasteiger partial charge in [0.05, 0.1) is 28.3 Å². The molecule has 0 fully saturated rings. The number of halogens is 2. The smallest absolute Gasteiger partial charge is 0.225 e. The molecule has 194 valence electrons. The number of rotatable bonds is 8. The van der Waals surface area contributed by atoms with Gasteiger partial charge >= 0.3 is 0 Å². The van der Waals surface area contributed by atoms with Crippen molar-refractivity contribution in [3.63, 3.8) is 0 Å². The Morgan fingerprint density at radius 2 is 1.92 bits per heavy atom. The van der Waals surface area contributed by atoms with Crippen molar-refractivity contribution in [3.05, 3.63) is 106 Å². The summed E-state index contributed by atoms with van der Waals surface area (Å²) < 4.78 is 19.1. The van der Waals surface area contributed by atoms with Crippen LogP contribution in [-0.4, -0.2) is 27.4 Å². The minimum Gasteiger partial charge on any atom is -0.487 e. The van der Waals surface area contributed by atoms with Crippen LogP contribution in [0.15, 0.2) is 79.4 Å². The molecule has 5 aromatic rings. The molecule has 3 aromatic heterocycles. The lowest BCUT2D eigenvalue weighted by atomic mass is 10.2. The van der Waals surface area contributed by atoms with Gasteiger partial charge in [-0.05, 0) is 59.7 Å². The number of fused-ring (bicyclic) bond motifs is 1. The summed E-state index contributed by atoms with van der Waals surface area (Å²) in [6, 6.07) is 17.0. The van der Waals surface area contributed by atoms with Crippen LogP contribution in [0.25, 0.3) is 10.2 Å². The number of benzene rings is 2. The van der Waals surface area contributed by atoms with Gasteiger partial charge in [-0.2, -0.15) is 0 Å².